The highest BCUT2D eigenvalue weighted by atomic mass is 16.3. The van der Waals surface area contributed by atoms with Gasteiger partial charge in [0.1, 0.15) is 6.10 Å². The van der Waals surface area contributed by atoms with Crippen molar-refractivity contribution in [2.45, 2.75) is 199 Å². The molecule has 0 heterocycles. The average molecular weight is 620 g/mol. The van der Waals surface area contributed by atoms with Crippen molar-refractivity contribution in [3.05, 3.63) is 36.5 Å². The predicted octanol–water partition coefficient (Wildman–Crippen LogP) is 10.0. The average Bonchev–Trinajstić information content (AvgIpc) is 3.03. The van der Waals surface area contributed by atoms with Crippen LogP contribution < -0.4 is 5.32 Å². The van der Waals surface area contributed by atoms with Crippen LogP contribution in [0, 0.1) is 0 Å². The third kappa shape index (κ3) is 29.3. The highest BCUT2D eigenvalue weighted by molar-refractivity contribution is 5.76. The molecule has 4 N–H and O–H groups in total. The summed E-state index contributed by atoms with van der Waals surface area (Å²) in [6, 6.07) is -0.834. The van der Waals surface area contributed by atoms with Crippen molar-refractivity contribution in [3.63, 3.8) is 0 Å². The van der Waals surface area contributed by atoms with E-state index in [0.29, 0.717) is 12.8 Å². The number of nitrogens with one attached hydrogen (secondary N) is 1. The molecule has 1 amide bonds. The lowest BCUT2D eigenvalue weighted by molar-refractivity contribution is -0.124. The van der Waals surface area contributed by atoms with Crippen molar-refractivity contribution in [1.29, 1.82) is 0 Å². The molecule has 0 aromatic carbocycles. The van der Waals surface area contributed by atoms with Gasteiger partial charge in [0.25, 0.3) is 0 Å². The second-order valence-electron chi connectivity index (χ2n) is 12.8. The van der Waals surface area contributed by atoms with Crippen LogP contribution in [0.15, 0.2) is 36.5 Å². The van der Waals surface area contributed by atoms with E-state index < -0.39 is 18.2 Å². The molecule has 0 fully saturated rings. The normalized spacial score (nSPS) is 14.2. The van der Waals surface area contributed by atoms with Crippen LogP contribution in [0.25, 0.3) is 0 Å². The lowest BCUT2D eigenvalue weighted by Crippen LogP contribution is -2.50. The Hall–Kier alpha value is -1.43. The minimum Gasteiger partial charge on any atom is -0.394 e. The number of aliphatic hydroxyl groups excluding tert-OH is 3. The summed E-state index contributed by atoms with van der Waals surface area (Å²) in [4.78, 5) is 12.3. The Labute approximate surface area is 273 Å². The van der Waals surface area contributed by atoms with Crippen LogP contribution in [-0.4, -0.2) is 46.1 Å². The number of allylic oxidation sites excluding steroid dienone is 6. The van der Waals surface area contributed by atoms with Gasteiger partial charge in [-0.25, -0.2) is 0 Å². The molecule has 44 heavy (non-hydrogen) atoms. The molecule has 0 bridgehead atoms. The number of hydrogen-bond donors (Lipinski definition) is 4. The molecular formula is C39H73NO4. The number of carbonyl (C=O) groups excluding carboxylic acids is 1. The standard InChI is InChI=1S/C39H73NO4/c1-3-5-7-9-11-13-15-17-19-20-22-24-26-28-30-32-34-38(43)40-36(35-41)39(44)37(42)33-31-29-27-25-23-21-18-16-14-12-10-8-6-4-2/h16,18-20,25,27,36-37,39,41-42,44H,3-15,17,21-24,26,28-35H2,1-2H3,(H,40,43)/b18-16+,20-19-,27-25+. The molecule has 0 aliphatic heterocycles. The van der Waals surface area contributed by atoms with Crippen LogP contribution in [0.5, 0.6) is 0 Å². The van der Waals surface area contributed by atoms with Crippen LogP contribution in [0.4, 0.5) is 0 Å². The second kappa shape index (κ2) is 34.4. The highest BCUT2D eigenvalue weighted by Gasteiger charge is 2.26. The zero-order valence-corrected chi connectivity index (χ0v) is 29.0. The number of carbonyl (C=O) groups is 1. The molecule has 0 saturated heterocycles. The van der Waals surface area contributed by atoms with Crippen LogP contribution in [-0.2, 0) is 4.79 Å². The van der Waals surface area contributed by atoms with Gasteiger partial charge in [0.2, 0.25) is 5.91 Å². The van der Waals surface area contributed by atoms with Gasteiger partial charge in [0.15, 0.2) is 0 Å². The quantitative estimate of drug-likeness (QED) is 0.0435. The van der Waals surface area contributed by atoms with Crippen LogP contribution in [0.1, 0.15) is 181 Å². The molecule has 0 aromatic rings. The minimum atomic E-state index is -1.17. The van der Waals surface area contributed by atoms with E-state index in [1.807, 2.05) is 0 Å². The maximum atomic E-state index is 12.3. The van der Waals surface area contributed by atoms with Gasteiger partial charge in [0.05, 0.1) is 18.8 Å². The Bertz CT molecular complexity index is 690. The molecule has 0 spiro atoms. The first-order valence-corrected chi connectivity index (χ1v) is 18.8. The summed E-state index contributed by atoms with van der Waals surface area (Å²) in [5.41, 5.74) is 0. The van der Waals surface area contributed by atoms with Crippen molar-refractivity contribution < 1.29 is 20.1 Å². The van der Waals surface area contributed by atoms with Gasteiger partial charge < -0.3 is 20.6 Å². The molecule has 5 nitrogen and oxygen atoms in total. The maximum absolute atomic E-state index is 12.3. The molecule has 0 aromatic heterocycles. The number of aliphatic hydroxyl groups is 3. The van der Waals surface area contributed by atoms with E-state index in [0.717, 1.165) is 51.4 Å². The van der Waals surface area contributed by atoms with Gasteiger partial charge in [-0.3, -0.25) is 4.79 Å². The Morgan fingerprint density at radius 2 is 0.932 bits per heavy atom. The van der Waals surface area contributed by atoms with Crippen molar-refractivity contribution in [3.8, 4) is 0 Å². The zero-order valence-electron chi connectivity index (χ0n) is 29.0. The van der Waals surface area contributed by atoms with E-state index in [1.54, 1.807) is 0 Å². The fraction of sp³-hybridized carbons (Fsp3) is 0.821. The lowest BCUT2D eigenvalue weighted by atomic mass is 10.0. The van der Waals surface area contributed by atoms with Crippen LogP contribution >= 0.6 is 0 Å². The summed E-state index contributed by atoms with van der Waals surface area (Å²) in [5.74, 6) is -0.169. The first-order valence-electron chi connectivity index (χ1n) is 18.8. The van der Waals surface area contributed by atoms with E-state index in [2.05, 4.69) is 55.6 Å². The van der Waals surface area contributed by atoms with Crippen LogP contribution in [0.2, 0.25) is 0 Å². The number of unbranched alkanes of at least 4 members (excludes halogenated alkanes) is 19. The topological polar surface area (TPSA) is 89.8 Å². The molecule has 0 aliphatic rings. The number of hydrogen-bond acceptors (Lipinski definition) is 4. The summed E-state index contributed by atoms with van der Waals surface area (Å²) < 4.78 is 0. The third-order valence-corrected chi connectivity index (χ3v) is 8.44. The maximum Gasteiger partial charge on any atom is 0.220 e. The third-order valence-electron chi connectivity index (χ3n) is 8.44. The highest BCUT2D eigenvalue weighted by Crippen LogP contribution is 2.13. The summed E-state index contributed by atoms with van der Waals surface area (Å²) in [6.45, 7) is 4.12. The van der Waals surface area contributed by atoms with Crippen molar-refractivity contribution in [2.75, 3.05) is 6.61 Å². The molecule has 0 aliphatic carbocycles. The van der Waals surface area contributed by atoms with E-state index in [-0.39, 0.29) is 12.5 Å². The summed E-state index contributed by atoms with van der Waals surface area (Å²) in [7, 11) is 0. The van der Waals surface area contributed by atoms with Crippen molar-refractivity contribution >= 4 is 5.91 Å². The van der Waals surface area contributed by atoms with Gasteiger partial charge in [0, 0.05) is 6.42 Å². The largest absolute Gasteiger partial charge is 0.394 e. The van der Waals surface area contributed by atoms with Gasteiger partial charge in [-0.15, -0.1) is 0 Å². The minimum absolute atomic E-state index is 0.169. The SMILES string of the molecule is CCCCCCC/C=C/CC/C=C/CCCC(O)C(O)C(CO)NC(=O)CCCCCCC/C=C\CCCCCCCCC. The Balaban J connectivity index is 3.78. The van der Waals surface area contributed by atoms with E-state index in [4.69, 9.17) is 0 Å². The molecule has 258 valence electrons. The predicted molar refractivity (Wildman–Crippen MR) is 190 cm³/mol. The number of rotatable bonds is 33. The van der Waals surface area contributed by atoms with Gasteiger partial charge in [-0.05, 0) is 77.0 Å². The Kier molecular flexibility index (Phi) is 33.3. The molecule has 0 radical (unpaired) electrons. The van der Waals surface area contributed by atoms with E-state index >= 15 is 0 Å². The molecule has 0 saturated carbocycles. The summed E-state index contributed by atoms with van der Waals surface area (Å²) >= 11 is 0. The molecule has 3 atom stereocenters. The van der Waals surface area contributed by atoms with E-state index in [1.165, 1.54) is 103 Å². The Morgan fingerprint density at radius 1 is 0.545 bits per heavy atom. The first-order chi connectivity index (χ1) is 21.6. The second-order valence-corrected chi connectivity index (χ2v) is 12.8. The van der Waals surface area contributed by atoms with Gasteiger partial charge in [-0.2, -0.15) is 0 Å². The Morgan fingerprint density at radius 3 is 1.39 bits per heavy atom. The molecule has 5 heteroatoms. The fourth-order valence-corrected chi connectivity index (χ4v) is 5.46. The van der Waals surface area contributed by atoms with Gasteiger partial charge >= 0.3 is 0 Å². The first kappa shape index (κ1) is 42.6. The summed E-state index contributed by atoms with van der Waals surface area (Å²) in [5, 5.41) is 33.3. The van der Waals surface area contributed by atoms with Crippen molar-refractivity contribution in [2.24, 2.45) is 0 Å². The zero-order chi connectivity index (χ0) is 32.4. The molecular weight excluding hydrogens is 546 g/mol. The van der Waals surface area contributed by atoms with Crippen molar-refractivity contribution in [1.82, 2.24) is 5.32 Å². The lowest BCUT2D eigenvalue weighted by Gasteiger charge is -2.26. The van der Waals surface area contributed by atoms with Gasteiger partial charge in [-0.1, -0.05) is 134 Å². The monoisotopic (exact) mass is 620 g/mol. The fourth-order valence-electron chi connectivity index (χ4n) is 5.46. The smallest absolute Gasteiger partial charge is 0.220 e. The number of amides is 1. The van der Waals surface area contributed by atoms with E-state index in [9.17, 15) is 20.1 Å². The summed E-state index contributed by atoms with van der Waals surface area (Å²) in [6.07, 6.45) is 40.9. The van der Waals surface area contributed by atoms with Crippen LogP contribution in [0.3, 0.4) is 0 Å². The molecule has 3 unspecified atom stereocenters. The molecule has 0 rings (SSSR count).